The summed E-state index contributed by atoms with van der Waals surface area (Å²) in [6.45, 7) is 4.30. The second kappa shape index (κ2) is 7.64. The average Bonchev–Trinajstić information content (AvgIpc) is 2.98. The number of aromatic nitrogens is 2. The number of aryl methyl sites for hydroxylation is 1. The maximum Gasteiger partial charge on any atom is 0.418 e. The molecule has 3 aromatic rings. The lowest BCUT2D eigenvalue weighted by Crippen LogP contribution is -2.24. The molecule has 1 heterocycles. The molecule has 2 aromatic carbocycles. The minimum absolute atomic E-state index is 0.244. The Labute approximate surface area is 158 Å². The van der Waals surface area contributed by atoms with Crippen LogP contribution in [-0.2, 0) is 17.5 Å². The Morgan fingerprint density at radius 3 is 2.56 bits per heavy atom. The van der Waals surface area contributed by atoms with Crippen molar-refractivity contribution in [2.75, 3.05) is 5.32 Å². The average molecular weight is 393 g/mol. The molecule has 0 saturated heterocycles. The molecule has 1 unspecified atom stereocenters. The number of nitrogens with zero attached hydrogens (tertiary/aromatic N) is 2. The van der Waals surface area contributed by atoms with Gasteiger partial charge in [0.2, 0.25) is 5.91 Å². The van der Waals surface area contributed by atoms with Crippen molar-refractivity contribution in [3.8, 4) is 0 Å². The number of carbonyl (C=O) groups excluding carboxylic acids is 1. The summed E-state index contributed by atoms with van der Waals surface area (Å²) in [7, 11) is 0. The highest BCUT2D eigenvalue weighted by Gasteiger charge is 2.34. The quantitative estimate of drug-likeness (QED) is 0.607. The van der Waals surface area contributed by atoms with Gasteiger partial charge in [0, 0.05) is 6.54 Å². The minimum atomic E-state index is -4.53. The monoisotopic (exact) mass is 393 g/mol. The van der Waals surface area contributed by atoms with E-state index in [0.29, 0.717) is 11.7 Å². The van der Waals surface area contributed by atoms with E-state index in [1.54, 1.807) is 6.92 Å². The highest BCUT2D eigenvalue weighted by molar-refractivity contribution is 8.00. The Hall–Kier alpha value is -2.48. The number of benzene rings is 2. The first kappa shape index (κ1) is 19.3. The number of rotatable bonds is 5. The number of hydrogen-bond donors (Lipinski definition) is 1. The van der Waals surface area contributed by atoms with E-state index in [4.69, 9.17) is 0 Å². The van der Waals surface area contributed by atoms with E-state index in [9.17, 15) is 18.0 Å². The number of carbonyl (C=O) groups is 1. The van der Waals surface area contributed by atoms with Crippen molar-refractivity contribution in [3.05, 3.63) is 54.1 Å². The summed E-state index contributed by atoms with van der Waals surface area (Å²) in [4.78, 5) is 17.0. The number of alkyl halides is 3. The molecule has 0 aliphatic carbocycles. The summed E-state index contributed by atoms with van der Waals surface area (Å²) in [5.41, 5.74) is 0.664. The van der Waals surface area contributed by atoms with Crippen molar-refractivity contribution in [1.82, 2.24) is 9.55 Å². The Kier molecular flexibility index (Phi) is 5.46. The fourth-order valence-electron chi connectivity index (χ4n) is 2.73. The van der Waals surface area contributed by atoms with Crippen LogP contribution < -0.4 is 5.32 Å². The first-order valence-electron chi connectivity index (χ1n) is 8.40. The predicted molar refractivity (Wildman–Crippen MR) is 101 cm³/mol. The smallest absolute Gasteiger partial charge is 0.325 e. The van der Waals surface area contributed by atoms with Gasteiger partial charge in [0.25, 0.3) is 0 Å². The molecule has 3 rings (SSSR count). The summed E-state index contributed by atoms with van der Waals surface area (Å²) < 4.78 is 41.3. The molecule has 0 fully saturated rings. The third kappa shape index (κ3) is 4.10. The summed E-state index contributed by atoms with van der Waals surface area (Å²) >= 11 is 1.22. The van der Waals surface area contributed by atoms with Gasteiger partial charge in [-0.1, -0.05) is 36.0 Å². The molecule has 1 N–H and O–H groups in total. The number of para-hydroxylation sites is 3. The summed E-state index contributed by atoms with van der Waals surface area (Å²) in [5.74, 6) is -0.508. The third-order valence-corrected chi connectivity index (χ3v) is 5.17. The Bertz CT molecular complexity index is 968. The standard InChI is InChI=1S/C19H18F3N3OS/c1-3-25-16-11-7-6-10-15(16)24-18(25)27-12(2)17(26)23-14-9-5-4-8-13(14)19(20,21)22/h4-12H,3H2,1-2H3,(H,23,26). The van der Waals surface area contributed by atoms with Crippen LogP contribution in [0.25, 0.3) is 11.0 Å². The summed E-state index contributed by atoms with van der Waals surface area (Å²) in [5, 5.41) is 2.43. The van der Waals surface area contributed by atoms with Gasteiger partial charge in [0.15, 0.2) is 5.16 Å². The van der Waals surface area contributed by atoms with Crippen molar-refractivity contribution in [3.63, 3.8) is 0 Å². The van der Waals surface area contributed by atoms with Crippen LogP contribution in [0.2, 0.25) is 0 Å². The van der Waals surface area contributed by atoms with Gasteiger partial charge < -0.3 is 9.88 Å². The van der Waals surface area contributed by atoms with Gasteiger partial charge in [0.1, 0.15) is 0 Å². The van der Waals surface area contributed by atoms with Gasteiger partial charge in [-0.2, -0.15) is 13.2 Å². The first-order valence-corrected chi connectivity index (χ1v) is 9.28. The van der Waals surface area contributed by atoms with Crippen LogP contribution in [0, 0.1) is 0 Å². The minimum Gasteiger partial charge on any atom is -0.325 e. The van der Waals surface area contributed by atoms with E-state index in [1.807, 2.05) is 35.8 Å². The second-order valence-electron chi connectivity index (χ2n) is 5.92. The van der Waals surface area contributed by atoms with Gasteiger partial charge in [-0.25, -0.2) is 4.98 Å². The largest absolute Gasteiger partial charge is 0.418 e. The van der Waals surface area contributed by atoms with Crippen molar-refractivity contribution in [1.29, 1.82) is 0 Å². The Balaban J connectivity index is 1.80. The van der Waals surface area contributed by atoms with Crippen LogP contribution in [0.5, 0.6) is 0 Å². The number of anilines is 1. The highest BCUT2D eigenvalue weighted by atomic mass is 32.2. The first-order chi connectivity index (χ1) is 12.8. The van der Waals surface area contributed by atoms with Crippen LogP contribution in [0.3, 0.4) is 0 Å². The van der Waals surface area contributed by atoms with Crippen LogP contribution in [-0.4, -0.2) is 20.7 Å². The highest BCUT2D eigenvalue weighted by Crippen LogP contribution is 2.35. The maximum atomic E-state index is 13.1. The fourth-order valence-corrected chi connectivity index (χ4v) is 3.72. The maximum absolute atomic E-state index is 13.1. The molecule has 0 aliphatic heterocycles. The van der Waals surface area contributed by atoms with E-state index in [2.05, 4.69) is 10.3 Å². The Morgan fingerprint density at radius 1 is 1.19 bits per heavy atom. The lowest BCUT2D eigenvalue weighted by molar-refractivity contribution is -0.137. The lowest BCUT2D eigenvalue weighted by atomic mass is 10.1. The van der Waals surface area contributed by atoms with Crippen molar-refractivity contribution in [2.45, 2.75) is 37.0 Å². The molecule has 1 amide bonds. The zero-order valence-electron chi connectivity index (χ0n) is 14.7. The molecule has 0 bridgehead atoms. The van der Waals surface area contributed by atoms with Crippen molar-refractivity contribution >= 4 is 34.4 Å². The lowest BCUT2D eigenvalue weighted by Gasteiger charge is -2.16. The third-order valence-electron chi connectivity index (χ3n) is 4.08. The van der Waals surface area contributed by atoms with E-state index >= 15 is 0 Å². The zero-order valence-corrected chi connectivity index (χ0v) is 15.6. The topological polar surface area (TPSA) is 46.9 Å². The van der Waals surface area contributed by atoms with Crippen LogP contribution in [0.1, 0.15) is 19.4 Å². The van der Waals surface area contributed by atoms with Crippen molar-refractivity contribution in [2.24, 2.45) is 0 Å². The number of fused-ring (bicyclic) bond motifs is 1. The summed E-state index contributed by atoms with van der Waals surface area (Å²) in [6, 6.07) is 12.6. The van der Waals surface area contributed by atoms with Gasteiger partial charge in [-0.3, -0.25) is 4.79 Å². The van der Waals surface area contributed by atoms with Crippen LogP contribution >= 0.6 is 11.8 Å². The van der Waals surface area contributed by atoms with E-state index < -0.39 is 22.9 Å². The number of thioether (sulfide) groups is 1. The second-order valence-corrected chi connectivity index (χ2v) is 7.23. The molecule has 0 aliphatic rings. The predicted octanol–water partition coefficient (Wildman–Crippen LogP) is 5.19. The Morgan fingerprint density at radius 2 is 1.85 bits per heavy atom. The molecule has 0 saturated carbocycles. The van der Waals surface area contributed by atoms with Gasteiger partial charge in [-0.05, 0) is 38.1 Å². The van der Waals surface area contributed by atoms with Crippen LogP contribution in [0.4, 0.5) is 18.9 Å². The number of amides is 1. The molecular weight excluding hydrogens is 375 g/mol. The zero-order chi connectivity index (χ0) is 19.6. The number of hydrogen-bond acceptors (Lipinski definition) is 3. The number of imidazole rings is 1. The van der Waals surface area contributed by atoms with Crippen molar-refractivity contribution < 1.29 is 18.0 Å². The van der Waals surface area contributed by atoms with Gasteiger partial charge in [0.05, 0.1) is 27.5 Å². The number of halogens is 3. The van der Waals surface area contributed by atoms with E-state index in [-0.39, 0.29) is 5.69 Å². The van der Waals surface area contributed by atoms with E-state index in [0.717, 1.165) is 17.1 Å². The molecule has 0 spiro atoms. The molecule has 4 nitrogen and oxygen atoms in total. The molecule has 0 radical (unpaired) electrons. The molecule has 1 atom stereocenters. The van der Waals surface area contributed by atoms with Gasteiger partial charge >= 0.3 is 6.18 Å². The summed E-state index contributed by atoms with van der Waals surface area (Å²) in [6.07, 6.45) is -4.53. The van der Waals surface area contributed by atoms with Crippen LogP contribution in [0.15, 0.2) is 53.7 Å². The molecule has 1 aromatic heterocycles. The fraction of sp³-hybridized carbons (Fsp3) is 0.263. The SMILES string of the molecule is CCn1c(SC(C)C(=O)Nc2ccccc2C(F)(F)F)nc2ccccc21. The molecular formula is C19H18F3N3OS. The number of nitrogens with one attached hydrogen (secondary N) is 1. The molecule has 27 heavy (non-hydrogen) atoms. The normalized spacial score (nSPS) is 12.9. The van der Waals surface area contributed by atoms with E-state index in [1.165, 1.54) is 30.0 Å². The molecule has 142 valence electrons. The molecule has 8 heteroatoms. The van der Waals surface area contributed by atoms with Gasteiger partial charge in [-0.15, -0.1) is 0 Å².